The van der Waals surface area contributed by atoms with Crippen molar-refractivity contribution >= 4 is 37.4 Å². The maximum atomic E-state index is 12.2. The summed E-state index contributed by atoms with van der Waals surface area (Å²) in [5.74, 6) is 0. The molecular formula is C16H15N3O6S2. The molecule has 0 radical (unpaired) electrons. The van der Waals surface area contributed by atoms with Gasteiger partial charge >= 0.3 is 0 Å². The number of pyridine rings is 1. The van der Waals surface area contributed by atoms with Crippen LogP contribution in [0.25, 0.3) is 10.1 Å². The highest BCUT2D eigenvalue weighted by atomic mass is 32.2. The minimum Gasteiger partial charge on any atom is -0.268 e. The standard InChI is InChI=1S/C16H15N3O6S2/c20-16-14-7-8-17-11-15(14)26-18(16)9-1-2-10-25-27(23,24)13-5-3-12(4-6-13)19(21)22/h3-8,11H,1-2,9-10H2. The van der Waals surface area contributed by atoms with E-state index in [0.717, 1.165) is 29.0 Å². The first-order chi connectivity index (χ1) is 12.9. The van der Waals surface area contributed by atoms with Gasteiger partial charge in [-0.1, -0.05) is 11.5 Å². The smallest absolute Gasteiger partial charge is 0.268 e. The third-order valence-corrected chi connectivity index (χ3v) is 6.20. The second kappa shape index (κ2) is 7.94. The number of nitrogens with zero attached hydrogens (tertiary/aromatic N) is 3. The second-order valence-corrected chi connectivity index (χ2v) is 8.28. The first-order valence-corrected chi connectivity index (χ1v) is 10.1. The molecule has 27 heavy (non-hydrogen) atoms. The molecule has 9 nitrogen and oxygen atoms in total. The zero-order valence-electron chi connectivity index (χ0n) is 14.0. The van der Waals surface area contributed by atoms with Crippen LogP contribution >= 0.6 is 11.5 Å². The van der Waals surface area contributed by atoms with Crippen LogP contribution in [0, 0.1) is 10.1 Å². The Bertz CT molecular complexity index is 1120. The zero-order chi connectivity index (χ0) is 19.4. The number of rotatable bonds is 8. The maximum absolute atomic E-state index is 12.2. The van der Waals surface area contributed by atoms with Crippen molar-refractivity contribution in [1.29, 1.82) is 0 Å². The molecule has 2 heterocycles. The highest BCUT2D eigenvalue weighted by Crippen LogP contribution is 2.18. The summed E-state index contributed by atoms with van der Waals surface area (Å²) in [6.07, 6.45) is 4.20. The fraction of sp³-hybridized carbons (Fsp3) is 0.250. The molecule has 0 bridgehead atoms. The average molecular weight is 409 g/mol. The Morgan fingerprint density at radius 3 is 2.59 bits per heavy atom. The van der Waals surface area contributed by atoms with Crippen molar-refractivity contribution in [2.75, 3.05) is 6.61 Å². The summed E-state index contributed by atoms with van der Waals surface area (Å²) in [6, 6.07) is 6.17. The number of non-ortho nitro benzene ring substituents is 1. The number of hydrogen-bond acceptors (Lipinski definition) is 8. The molecular weight excluding hydrogens is 394 g/mol. The van der Waals surface area contributed by atoms with Crippen molar-refractivity contribution in [2.45, 2.75) is 24.3 Å². The van der Waals surface area contributed by atoms with Crippen LogP contribution in [0.5, 0.6) is 0 Å². The van der Waals surface area contributed by atoms with Gasteiger partial charge in [0.05, 0.1) is 26.5 Å². The molecule has 0 aliphatic carbocycles. The predicted molar refractivity (Wildman–Crippen MR) is 99.3 cm³/mol. The Morgan fingerprint density at radius 1 is 1.19 bits per heavy atom. The summed E-state index contributed by atoms with van der Waals surface area (Å²) in [6.45, 7) is 0.416. The monoisotopic (exact) mass is 409 g/mol. The topological polar surface area (TPSA) is 121 Å². The van der Waals surface area contributed by atoms with Gasteiger partial charge < -0.3 is 0 Å². The number of fused-ring (bicyclic) bond motifs is 1. The van der Waals surface area contributed by atoms with Gasteiger partial charge in [0.25, 0.3) is 21.4 Å². The maximum Gasteiger partial charge on any atom is 0.296 e. The molecule has 0 aliphatic heterocycles. The predicted octanol–water partition coefficient (Wildman–Crippen LogP) is 2.55. The highest BCUT2D eigenvalue weighted by molar-refractivity contribution is 7.86. The van der Waals surface area contributed by atoms with Crippen LogP contribution in [-0.4, -0.2) is 28.9 Å². The zero-order valence-corrected chi connectivity index (χ0v) is 15.6. The molecule has 0 aliphatic rings. The molecule has 0 amide bonds. The van der Waals surface area contributed by atoms with Crippen LogP contribution in [0.3, 0.4) is 0 Å². The third-order valence-electron chi connectivity index (χ3n) is 3.78. The van der Waals surface area contributed by atoms with Gasteiger partial charge in [-0.2, -0.15) is 8.42 Å². The largest absolute Gasteiger partial charge is 0.296 e. The lowest BCUT2D eigenvalue weighted by Crippen LogP contribution is -2.14. The van der Waals surface area contributed by atoms with Crippen LogP contribution in [0.4, 0.5) is 5.69 Å². The van der Waals surface area contributed by atoms with Crippen molar-refractivity contribution in [2.24, 2.45) is 0 Å². The van der Waals surface area contributed by atoms with E-state index in [0.29, 0.717) is 24.8 Å². The van der Waals surface area contributed by atoms with Crippen LogP contribution < -0.4 is 5.56 Å². The number of unbranched alkanes of at least 4 members (excludes halogenated alkanes) is 1. The normalized spacial score (nSPS) is 11.7. The molecule has 0 fully saturated rings. The lowest BCUT2D eigenvalue weighted by atomic mass is 10.3. The summed E-state index contributed by atoms with van der Waals surface area (Å²) in [4.78, 5) is 26.0. The van der Waals surface area contributed by atoms with Gasteiger partial charge in [0.15, 0.2) is 0 Å². The van der Waals surface area contributed by atoms with Crippen LogP contribution in [0.1, 0.15) is 12.8 Å². The Morgan fingerprint density at radius 2 is 1.93 bits per heavy atom. The molecule has 1 aromatic carbocycles. The van der Waals surface area contributed by atoms with E-state index in [9.17, 15) is 23.3 Å². The number of nitro groups is 1. The molecule has 2 aromatic heterocycles. The molecule has 0 spiro atoms. The first kappa shape index (κ1) is 19.1. The van der Waals surface area contributed by atoms with Crippen molar-refractivity contribution in [1.82, 2.24) is 8.94 Å². The van der Waals surface area contributed by atoms with E-state index in [2.05, 4.69) is 4.98 Å². The minimum atomic E-state index is -3.97. The van der Waals surface area contributed by atoms with Gasteiger partial charge in [-0.3, -0.25) is 28.0 Å². The Hall–Kier alpha value is -2.63. The number of hydrogen-bond donors (Lipinski definition) is 0. The van der Waals surface area contributed by atoms with Crippen molar-refractivity contribution in [3.63, 3.8) is 0 Å². The molecule has 142 valence electrons. The molecule has 0 unspecified atom stereocenters. The van der Waals surface area contributed by atoms with E-state index < -0.39 is 15.0 Å². The van der Waals surface area contributed by atoms with Gasteiger partial charge in [-0.15, -0.1) is 0 Å². The summed E-state index contributed by atoms with van der Waals surface area (Å²) in [7, 11) is -3.97. The lowest BCUT2D eigenvalue weighted by Gasteiger charge is -2.05. The minimum absolute atomic E-state index is 0.0411. The Kier molecular flexibility index (Phi) is 5.63. The van der Waals surface area contributed by atoms with Crippen LogP contribution in [-0.2, 0) is 20.8 Å². The highest BCUT2D eigenvalue weighted by Gasteiger charge is 2.16. The van der Waals surface area contributed by atoms with Gasteiger partial charge in [0, 0.05) is 31.1 Å². The average Bonchev–Trinajstić information content (AvgIpc) is 2.97. The molecule has 11 heteroatoms. The van der Waals surface area contributed by atoms with E-state index in [1.165, 1.54) is 11.5 Å². The van der Waals surface area contributed by atoms with Crippen LogP contribution in [0.2, 0.25) is 0 Å². The number of aryl methyl sites for hydroxylation is 1. The van der Waals surface area contributed by atoms with Gasteiger partial charge in [-0.25, -0.2) is 0 Å². The Balaban J connectivity index is 1.52. The van der Waals surface area contributed by atoms with Crippen LogP contribution in [0.15, 0.2) is 52.4 Å². The van der Waals surface area contributed by atoms with E-state index in [1.807, 2.05) is 0 Å². The van der Waals surface area contributed by atoms with Crippen molar-refractivity contribution < 1.29 is 17.5 Å². The molecule has 0 saturated heterocycles. The fourth-order valence-corrected chi connectivity index (χ4v) is 4.34. The first-order valence-electron chi connectivity index (χ1n) is 7.96. The molecule has 3 rings (SSSR count). The lowest BCUT2D eigenvalue weighted by molar-refractivity contribution is -0.384. The summed E-state index contributed by atoms with van der Waals surface area (Å²) in [5, 5.41) is 11.2. The van der Waals surface area contributed by atoms with E-state index in [-0.39, 0.29) is 22.7 Å². The van der Waals surface area contributed by atoms with Gasteiger partial charge in [0.1, 0.15) is 0 Å². The quantitative estimate of drug-likeness (QED) is 0.242. The molecule has 0 saturated carbocycles. The summed E-state index contributed by atoms with van der Waals surface area (Å²) in [5.41, 5.74) is -0.283. The van der Waals surface area contributed by atoms with E-state index in [1.54, 1.807) is 22.4 Å². The number of aromatic nitrogens is 2. The molecule has 0 atom stereocenters. The fourth-order valence-electron chi connectivity index (χ4n) is 2.40. The number of nitro benzene ring substituents is 1. The number of benzene rings is 1. The molecule has 3 aromatic rings. The van der Waals surface area contributed by atoms with E-state index >= 15 is 0 Å². The van der Waals surface area contributed by atoms with Gasteiger partial charge in [0.2, 0.25) is 0 Å². The summed E-state index contributed by atoms with van der Waals surface area (Å²) < 4.78 is 31.5. The van der Waals surface area contributed by atoms with Crippen molar-refractivity contribution in [3.8, 4) is 0 Å². The molecule has 0 N–H and O–H groups in total. The summed E-state index contributed by atoms with van der Waals surface area (Å²) >= 11 is 1.32. The second-order valence-electron chi connectivity index (χ2n) is 5.60. The third kappa shape index (κ3) is 4.38. The van der Waals surface area contributed by atoms with Gasteiger partial charge in [-0.05, 0) is 31.0 Å². The SMILES string of the molecule is O=c1c2ccncc2sn1CCCCOS(=O)(=O)c1ccc([N+](=O)[O-])cc1. The Labute approximate surface area is 158 Å². The van der Waals surface area contributed by atoms with Crippen molar-refractivity contribution in [3.05, 3.63) is 63.2 Å². The van der Waals surface area contributed by atoms with E-state index in [4.69, 9.17) is 4.18 Å².